The Morgan fingerprint density at radius 1 is 1.23 bits per heavy atom. The van der Waals surface area contributed by atoms with Crippen LogP contribution in [-0.2, 0) is 17.1 Å². The highest BCUT2D eigenvalue weighted by Gasteiger charge is 2.30. The van der Waals surface area contributed by atoms with Crippen molar-refractivity contribution in [1.82, 2.24) is 29.6 Å². The van der Waals surface area contributed by atoms with Crippen molar-refractivity contribution in [2.45, 2.75) is 38.2 Å². The van der Waals surface area contributed by atoms with E-state index in [4.69, 9.17) is 0 Å². The van der Waals surface area contributed by atoms with Crippen molar-refractivity contribution < 1.29 is 13.6 Å². The van der Waals surface area contributed by atoms with Crippen molar-refractivity contribution in [2.24, 2.45) is 0 Å². The highest BCUT2D eigenvalue weighted by Crippen LogP contribution is 2.37. The number of carbonyl (C=O) groups is 1. The van der Waals surface area contributed by atoms with E-state index in [2.05, 4.69) is 25.7 Å². The number of amides is 1. The first-order valence-electron chi connectivity index (χ1n) is 9.70. The smallest absolute Gasteiger partial charge is 0.270 e. The zero-order valence-electron chi connectivity index (χ0n) is 16.4. The highest BCUT2D eigenvalue weighted by molar-refractivity contribution is 5.91. The van der Waals surface area contributed by atoms with Gasteiger partial charge in [0.25, 0.3) is 5.92 Å². The fourth-order valence-electron chi connectivity index (χ4n) is 3.42. The van der Waals surface area contributed by atoms with E-state index in [1.54, 1.807) is 16.8 Å². The summed E-state index contributed by atoms with van der Waals surface area (Å²) in [4.78, 5) is 25.5. The Kier molecular flexibility index (Phi) is 4.27. The van der Waals surface area contributed by atoms with Crippen LogP contribution in [0.4, 0.5) is 14.6 Å². The number of halogens is 2. The molecule has 5 rings (SSSR count). The van der Waals surface area contributed by atoms with E-state index in [1.165, 1.54) is 29.0 Å². The molecule has 3 heterocycles. The normalized spacial score (nSPS) is 14.3. The van der Waals surface area contributed by atoms with Crippen molar-refractivity contribution >= 4 is 28.3 Å². The third kappa shape index (κ3) is 3.62. The quantitative estimate of drug-likeness (QED) is 0.526. The molecule has 0 saturated heterocycles. The predicted octanol–water partition coefficient (Wildman–Crippen LogP) is 2.46. The monoisotopic (exact) mass is 425 g/mol. The summed E-state index contributed by atoms with van der Waals surface area (Å²) in [7, 11) is 0. The lowest BCUT2D eigenvalue weighted by Gasteiger charge is -2.15. The van der Waals surface area contributed by atoms with E-state index in [0.717, 1.165) is 19.8 Å². The fourth-order valence-corrected chi connectivity index (χ4v) is 3.42. The summed E-state index contributed by atoms with van der Waals surface area (Å²) in [5.74, 6) is -3.23. The van der Waals surface area contributed by atoms with Crippen LogP contribution in [0.3, 0.4) is 0 Å². The third-order valence-corrected chi connectivity index (χ3v) is 5.14. The van der Waals surface area contributed by atoms with E-state index < -0.39 is 17.3 Å². The SMILES string of the molecule is CC(F)(F)c1ccc2c(=O)c(CC(=O)Nc3ccc4nncn4n3)nn(C3CC3)c2c1. The minimum atomic E-state index is -3.03. The van der Waals surface area contributed by atoms with Gasteiger partial charge in [0.15, 0.2) is 11.5 Å². The van der Waals surface area contributed by atoms with Crippen LogP contribution in [0.1, 0.15) is 37.1 Å². The first-order chi connectivity index (χ1) is 14.8. The number of fused-ring (bicyclic) bond motifs is 2. The number of anilines is 1. The maximum atomic E-state index is 13.8. The van der Waals surface area contributed by atoms with Crippen molar-refractivity contribution in [3.8, 4) is 0 Å². The number of hydrogen-bond acceptors (Lipinski definition) is 6. The number of nitrogens with zero attached hydrogens (tertiary/aromatic N) is 6. The van der Waals surface area contributed by atoms with Gasteiger partial charge >= 0.3 is 0 Å². The van der Waals surface area contributed by atoms with E-state index in [1.807, 2.05) is 0 Å². The molecule has 1 aliphatic rings. The Bertz CT molecular complexity index is 1390. The molecule has 1 aromatic carbocycles. The number of nitrogens with one attached hydrogen (secondary N) is 1. The van der Waals surface area contributed by atoms with Gasteiger partial charge in [-0.1, -0.05) is 6.07 Å². The van der Waals surface area contributed by atoms with Gasteiger partial charge in [0.05, 0.1) is 18.0 Å². The molecule has 1 saturated carbocycles. The molecule has 0 unspecified atom stereocenters. The molecule has 4 aromatic rings. The second-order valence-electron chi connectivity index (χ2n) is 7.65. The topological polar surface area (TPSA) is 107 Å². The third-order valence-electron chi connectivity index (χ3n) is 5.14. The van der Waals surface area contributed by atoms with Crippen LogP contribution in [0.15, 0.2) is 41.5 Å². The Balaban J connectivity index is 1.48. The molecule has 1 N–H and O–H groups in total. The number of hydrogen-bond donors (Lipinski definition) is 1. The largest absolute Gasteiger partial charge is 0.309 e. The molecule has 1 aliphatic carbocycles. The Labute approximate surface area is 173 Å². The van der Waals surface area contributed by atoms with Gasteiger partial charge in [-0.3, -0.25) is 14.3 Å². The molecule has 0 spiro atoms. The molecule has 11 heteroatoms. The number of rotatable bonds is 5. The zero-order chi connectivity index (χ0) is 21.8. The summed E-state index contributed by atoms with van der Waals surface area (Å²) in [6.45, 7) is 0.811. The van der Waals surface area contributed by atoms with E-state index >= 15 is 0 Å². The standard InChI is InChI=1S/C20H17F2N7O2/c1-20(21,22)11-2-5-13-15(8-11)29(12-3-4-12)26-14(19(13)31)9-18(30)24-16-6-7-17-25-23-10-28(17)27-16/h2,5-8,10,12H,3-4,9H2,1H3,(H,24,27,30). The van der Waals surface area contributed by atoms with Gasteiger partial charge in [0.1, 0.15) is 12.0 Å². The van der Waals surface area contributed by atoms with Gasteiger partial charge in [0.2, 0.25) is 11.3 Å². The molecule has 0 bridgehead atoms. The van der Waals surface area contributed by atoms with Gasteiger partial charge in [-0.2, -0.15) is 9.61 Å². The van der Waals surface area contributed by atoms with Crippen molar-refractivity contribution in [3.63, 3.8) is 0 Å². The number of carbonyl (C=O) groups excluding carboxylic acids is 1. The summed E-state index contributed by atoms with van der Waals surface area (Å²) < 4.78 is 30.6. The first-order valence-corrected chi connectivity index (χ1v) is 9.70. The van der Waals surface area contributed by atoms with Crippen LogP contribution in [0.5, 0.6) is 0 Å². The van der Waals surface area contributed by atoms with Crippen molar-refractivity contribution in [2.75, 3.05) is 5.32 Å². The molecular formula is C20H17F2N7O2. The predicted molar refractivity (Wildman–Crippen MR) is 107 cm³/mol. The van der Waals surface area contributed by atoms with Crippen LogP contribution >= 0.6 is 0 Å². The van der Waals surface area contributed by atoms with E-state index in [-0.39, 0.29) is 34.9 Å². The number of benzene rings is 1. The molecule has 3 aromatic heterocycles. The minimum absolute atomic E-state index is 0.0310. The summed E-state index contributed by atoms with van der Waals surface area (Å²) in [5, 5.41) is 19.0. The van der Waals surface area contributed by atoms with Gasteiger partial charge in [-0.25, -0.2) is 8.78 Å². The van der Waals surface area contributed by atoms with Gasteiger partial charge in [-0.05, 0) is 37.1 Å². The van der Waals surface area contributed by atoms with Crippen molar-refractivity contribution in [3.05, 3.63) is 58.1 Å². The van der Waals surface area contributed by atoms with Crippen LogP contribution in [0.2, 0.25) is 0 Å². The molecule has 158 valence electrons. The lowest BCUT2D eigenvalue weighted by molar-refractivity contribution is -0.115. The maximum absolute atomic E-state index is 13.8. The second-order valence-corrected chi connectivity index (χ2v) is 7.65. The van der Waals surface area contributed by atoms with Crippen LogP contribution in [0.25, 0.3) is 16.6 Å². The molecule has 9 nitrogen and oxygen atoms in total. The average Bonchev–Trinajstić information content (AvgIpc) is 3.46. The zero-order valence-corrected chi connectivity index (χ0v) is 16.4. The molecule has 1 amide bonds. The van der Waals surface area contributed by atoms with E-state index in [9.17, 15) is 18.4 Å². The number of aromatic nitrogens is 6. The molecule has 1 fully saturated rings. The first kappa shape index (κ1) is 19.2. The average molecular weight is 425 g/mol. The van der Waals surface area contributed by atoms with Gasteiger partial charge < -0.3 is 5.32 Å². The van der Waals surface area contributed by atoms with Crippen LogP contribution < -0.4 is 10.7 Å². The van der Waals surface area contributed by atoms with Gasteiger partial charge in [0, 0.05) is 17.9 Å². The minimum Gasteiger partial charge on any atom is -0.309 e. The van der Waals surface area contributed by atoms with Crippen molar-refractivity contribution in [1.29, 1.82) is 0 Å². The molecule has 0 radical (unpaired) electrons. The fraction of sp³-hybridized carbons (Fsp3) is 0.300. The highest BCUT2D eigenvalue weighted by atomic mass is 19.3. The lowest BCUT2D eigenvalue weighted by Crippen LogP contribution is -2.25. The van der Waals surface area contributed by atoms with E-state index in [0.29, 0.717) is 11.2 Å². The molecular weight excluding hydrogens is 408 g/mol. The maximum Gasteiger partial charge on any atom is 0.270 e. The summed E-state index contributed by atoms with van der Waals surface area (Å²) in [6, 6.07) is 7.18. The summed E-state index contributed by atoms with van der Waals surface area (Å²) >= 11 is 0. The second kappa shape index (κ2) is 6.89. The molecule has 31 heavy (non-hydrogen) atoms. The van der Waals surface area contributed by atoms with Gasteiger partial charge in [-0.15, -0.1) is 15.3 Å². The summed E-state index contributed by atoms with van der Waals surface area (Å²) in [5.41, 5.74) is 0.305. The molecule has 0 aliphatic heterocycles. The Hall–Kier alpha value is -3.76. The molecule has 0 atom stereocenters. The number of alkyl halides is 2. The summed E-state index contributed by atoms with van der Waals surface area (Å²) in [6.07, 6.45) is 2.81. The lowest BCUT2D eigenvalue weighted by atomic mass is 10.1. The Morgan fingerprint density at radius 2 is 2.03 bits per heavy atom. The van der Waals surface area contributed by atoms with Crippen LogP contribution in [-0.4, -0.2) is 35.5 Å². The Morgan fingerprint density at radius 3 is 2.77 bits per heavy atom. The van der Waals surface area contributed by atoms with Crippen LogP contribution in [0, 0.1) is 0 Å².